The normalized spacial score (nSPS) is 13.1. The summed E-state index contributed by atoms with van der Waals surface area (Å²) >= 11 is 0. The van der Waals surface area contributed by atoms with E-state index in [1.807, 2.05) is 18.2 Å². The van der Waals surface area contributed by atoms with Crippen molar-refractivity contribution in [3.8, 4) is 0 Å². The summed E-state index contributed by atoms with van der Waals surface area (Å²) in [5, 5.41) is 2.77. The van der Waals surface area contributed by atoms with E-state index in [2.05, 4.69) is 10.3 Å². The number of benzene rings is 1. The number of nitrogens with two attached hydrogens (primary N) is 1. The zero-order valence-electron chi connectivity index (χ0n) is 10.9. The number of hydrogen-bond donors (Lipinski definition) is 2. The number of pyridine rings is 1. The fraction of sp³-hybridized carbons (Fsp3) is 0.200. The minimum absolute atomic E-state index is 0.173. The van der Waals surface area contributed by atoms with E-state index in [4.69, 9.17) is 10.5 Å². The number of rotatable bonds is 3. The van der Waals surface area contributed by atoms with Gasteiger partial charge in [-0.05, 0) is 34.9 Å². The Morgan fingerprint density at radius 1 is 1.25 bits per heavy atom. The predicted molar refractivity (Wildman–Crippen MR) is 75.0 cm³/mol. The summed E-state index contributed by atoms with van der Waals surface area (Å²) in [5.74, 6) is 0.344. The Labute approximate surface area is 116 Å². The highest BCUT2D eigenvalue weighted by Crippen LogP contribution is 2.21. The maximum absolute atomic E-state index is 12.2. The Morgan fingerprint density at radius 2 is 2.10 bits per heavy atom. The largest absolute Gasteiger partial charge is 0.372 e. The highest BCUT2D eigenvalue weighted by atomic mass is 16.5. The second-order valence-corrected chi connectivity index (χ2v) is 4.69. The van der Waals surface area contributed by atoms with Crippen LogP contribution in [0.2, 0.25) is 0 Å². The lowest BCUT2D eigenvalue weighted by Crippen LogP contribution is -2.13. The lowest BCUT2D eigenvalue weighted by molar-refractivity contribution is 0.102. The fourth-order valence-electron chi connectivity index (χ4n) is 2.12. The monoisotopic (exact) mass is 269 g/mol. The van der Waals surface area contributed by atoms with Gasteiger partial charge in [-0.15, -0.1) is 0 Å². The van der Waals surface area contributed by atoms with Gasteiger partial charge in [0.15, 0.2) is 0 Å². The summed E-state index contributed by atoms with van der Waals surface area (Å²) in [6.45, 7) is 1.63. The Bertz CT molecular complexity index is 638. The van der Waals surface area contributed by atoms with Crippen LogP contribution in [-0.4, -0.2) is 10.9 Å². The first-order chi connectivity index (χ1) is 9.76. The Kier molecular flexibility index (Phi) is 3.45. The molecular weight excluding hydrogens is 254 g/mol. The molecular formula is C15H15N3O2. The number of carbonyl (C=O) groups is 1. The number of carbonyl (C=O) groups excluding carboxylic acids is 1. The first-order valence-corrected chi connectivity index (χ1v) is 6.42. The van der Waals surface area contributed by atoms with Crippen LogP contribution in [0.1, 0.15) is 27.0 Å². The number of amides is 1. The van der Waals surface area contributed by atoms with Gasteiger partial charge in [0.2, 0.25) is 0 Å². The maximum Gasteiger partial charge on any atom is 0.256 e. The summed E-state index contributed by atoms with van der Waals surface area (Å²) in [7, 11) is 0. The van der Waals surface area contributed by atoms with Gasteiger partial charge in [-0.1, -0.05) is 12.1 Å². The highest BCUT2D eigenvalue weighted by molar-refractivity contribution is 6.03. The quantitative estimate of drug-likeness (QED) is 0.891. The second-order valence-electron chi connectivity index (χ2n) is 4.69. The smallest absolute Gasteiger partial charge is 0.256 e. The topological polar surface area (TPSA) is 77.2 Å². The molecule has 0 aliphatic carbocycles. The summed E-state index contributed by atoms with van der Waals surface area (Å²) in [5.41, 5.74) is 9.26. The van der Waals surface area contributed by atoms with Crippen LogP contribution in [0, 0.1) is 0 Å². The number of nitrogens with zero attached hydrogens (tertiary/aromatic N) is 1. The molecule has 0 atom stereocenters. The number of hydrogen-bond acceptors (Lipinski definition) is 4. The van der Waals surface area contributed by atoms with E-state index in [0.717, 1.165) is 16.7 Å². The molecule has 3 rings (SSSR count). The van der Waals surface area contributed by atoms with Crippen LogP contribution in [0.25, 0.3) is 0 Å². The van der Waals surface area contributed by atoms with Crippen molar-refractivity contribution in [2.24, 2.45) is 5.73 Å². The summed E-state index contributed by atoms with van der Waals surface area (Å²) in [6.07, 6.45) is 1.66. The first kappa shape index (κ1) is 12.8. The van der Waals surface area contributed by atoms with Crippen molar-refractivity contribution in [1.82, 2.24) is 4.98 Å². The molecule has 20 heavy (non-hydrogen) atoms. The third kappa shape index (κ3) is 2.54. The molecule has 0 unspecified atom stereocenters. The molecule has 0 fully saturated rings. The van der Waals surface area contributed by atoms with E-state index in [0.29, 0.717) is 31.1 Å². The molecule has 2 aromatic rings. The lowest BCUT2D eigenvalue weighted by atomic mass is 10.1. The van der Waals surface area contributed by atoms with Gasteiger partial charge in [0.05, 0.1) is 13.2 Å². The number of ether oxygens (including phenoxy) is 1. The van der Waals surface area contributed by atoms with Gasteiger partial charge in [0.25, 0.3) is 5.91 Å². The average Bonchev–Trinajstić information content (AvgIpc) is 2.95. The zero-order valence-corrected chi connectivity index (χ0v) is 10.9. The Hall–Kier alpha value is -2.24. The van der Waals surface area contributed by atoms with Crippen LogP contribution in [-0.2, 0) is 24.5 Å². The molecule has 1 aromatic carbocycles. The predicted octanol–water partition coefficient (Wildman–Crippen LogP) is 1.82. The van der Waals surface area contributed by atoms with E-state index in [1.54, 1.807) is 18.3 Å². The molecule has 1 aliphatic heterocycles. The lowest BCUT2D eigenvalue weighted by Gasteiger charge is -2.06. The minimum Gasteiger partial charge on any atom is -0.372 e. The molecule has 0 spiro atoms. The Morgan fingerprint density at radius 3 is 2.85 bits per heavy atom. The van der Waals surface area contributed by atoms with Crippen LogP contribution in [0.15, 0.2) is 36.5 Å². The van der Waals surface area contributed by atoms with Gasteiger partial charge >= 0.3 is 0 Å². The summed E-state index contributed by atoms with van der Waals surface area (Å²) in [6, 6.07) is 9.20. The standard InChI is InChI=1S/C15H15N3O2/c16-6-10-1-4-14(17-7-10)18-15(19)11-2-3-12-8-20-9-13(12)5-11/h1-5,7H,6,8-9,16H2,(H,17,18,19). The maximum atomic E-state index is 12.2. The SMILES string of the molecule is NCc1ccc(NC(=O)c2ccc3c(c2)COC3)nc1. The van der Waals surface area contributed by atoms with Gasteiger partial charge in [0.1, 0.15) is 5.82 Å². The molecule has 3 N–H and O–H groups in total. The van der Waals surface area contributed by atoms with Crippen molar-refractivity contribution in [2.75, 3.05) is 5.32 Å². The molecule has 0 radical (unpaired) electrons. The van der Waals surface area contributed by atoms with Crippen LogP contribution in [0.5, 0.6) is 0 Å². The van der Waals surface area contributed by atoms with E-state index < -0.39 is 0 Å². The van der Waals surface area contributed by atoms with Crippen molar-refractivity contribution >= 4 is 11.7 Å². The molecule has 102 valence electrons. The van der Waals surface area contributed by atoms with E-state index in [1.165, 1.54) is 0 Å². The fourth-order valence-corrected chi connectivity index (χ4v) is 2.12. The van der Waals surface area contributed by atoms with Crippen molar-refractivity contribution in [2.45, 2.75) is 19.8 Å². The highest BCUT2D eigenvalue weighted by Gasteiger charge is 2.14. The molecule has 1 aromatic heterocycles. The van der Waals surface area contributed by atoms with Crippen LogP contribution < -0.4 is 11.1 Å². The van der Waals surface area contributed by atoms with Crippen molar-refractivity contribution in [1.29, 1.82) is 0 Å². The Balaban J connectivity index is 1.75. The number of nitrogens with one attached hydrogen (secondary N) is 1. The second kappa shape index (κ2) is 5.40. The molecule has 0 saturated carbocycles. The van der Waals surface area contributed by atoms with Crippen molar-refractivity contribution in [3.05, 3.63) is 58.8 Å². The molecule has 0 saturated heterocycles. The zero-order chi connectivity index (χ0) is 13.9. The van der Waals surface area contributed by atoms with Gasteiger partial charge in [0, 0.05) is 18.3 Å². The van der Waals surface area contributed by atoms with Crippen LogP contribution in [0.3, 0.4) is 0 Å². The van der Waals surface area contributed by atoms with Crippen LogP contribution >= 0.6 is 0 Å². The molecule has 1 amide bonds. The molecule has 5 nitrogen and oxygen atoms in total. The third-order valence-corrected chi connectivity index (χ3v) is 3.29. The number of aromatic nitrogens is 1. The van der Waals surface area contributed by atoms with Crippen molar-refractivity contribution < 1.29 is 9.53 Å². The summed E-state index contributed by atoms with van der Waals surface area (Å²) < 4.78 is 5.34. The average molecular weight is 269 g/mol. The first-order valence-electron chi connectivity index (χ1n) is 6.42. The van der Waals surface area contributed by atoms with Crippen LogP contribution in [0.4, 0.5) is 5.82 Å². The summed E-state index contributed by atoms with van der Waals surface area (Å²) in [4.78, 5) is 16.3. The van der Waals surface area contributed by atoms with Gasteiger partial charge < -0.3 is 15.8 Å². The minimum atomic E-state index is -0.173. The van der Waals surface area contributed by atoms with Gasteiger partial charge in [-0.2, -0.15) is 0 Å². The van der Waals surface area contributed by atoms with Gasteiger partial charge in [-0.25, -0.2) is 4.98 Å². The molecule has 2 heterocycles. The third-order valence-electron chi connectivity index (χ3n) is 3.29. The number of anilines is 1. The van der Waals surface area contributed by atoms with Crippen molar-refractivity contribution in [3.63, 3.8) is 0 Å². The molecule has 1 aliphatic rings. The van der Waals surface area contributed by atoms with E-state index >= 15 is 0 Å². The van der Waals surface area contributed by atoms with Gasteiger partial charge in [-0.3, -0.25) is 4.79 Å². The molecule has 5 heteroatoms. The molecule has 0 bridgehead atoms. The van der Waals surface area contributed by atoms with E-state index in [9.17, 15) is 4.79 Å². The number of fused-ring (bicyclic) bond motifs is 1. The van der Waals surface area contributed by atoms with E-state index in [-0.39, 0.29) is 5.91 Å².